The summed E-state index contributed by atoms with van der Waals surface area (Å²) in [6.07, 6.45) is 4.45. The van der Waals surface area contributed by atoms with Gasteiger partial charge < -0.3 is 19.1 Å². The van der Waals surface area contributed by atoms with Crippen LogP contribution in [-0.4, -0.2) is 55.4 Å². The number of hydrogen-bond acceptors (Lipinski definition) is 5. The van der Waals surface area contributed by atoms with Crippen LogP contribution in [0.3, 0.4) is 0 Å². The molecule has 0 spiro atoms. The largest absolute Gasteiger partial charge is 0.493 e. The van der Waals surface area contributed by atoms with Crippen molar-refractivity contribution in [2.45, 2.75) is 65.1 Å². The third-order valence-electron chi connectivity index (χ3n) is 5.78. The van der Waals surface area contributed by atoms with Crippen LogP contribution in [0.2, 0.25) is 0 Å². The van der Waals surface area contributed by atoms with Crippen LogP contribution in [0.1, 0.15) is 63.7 Å². The highest BCUT2D eigenvalue weighted by molar-refractivity contribution is 5.89. The van der Waals surface area contributed by atoms with Gasteiger partial charge >= 0.3 is 5.97 Å². The van der Waals surface area contributed by atoms with E-state index in [4.69, 9.17) is 14.2 Å². The molecule has 2 fully saturated rings. The first-order chi connectivity index (χ1) is 13.8. The minimum Gasteiger partial charge on any atom is -0.493 e. The molecule has 5 heteroatoms. The van der Waals surface area contributed by atoms with Crippen LogP contribution in [0, 0.1) is 11.8 Å². The maximum absolute atomic E-state index is 12.8. The topological polar surface area (TPSA) is 48.0 Å². The third-order valence-corrected chi connectivity index (χ3v) is 5.78. The van der Waals surface area contributed by atoms with Crippen LogP contribution in [0.4, 0.5) is 0 Å². The first kappa shape index (κ1) is 22.1. The van der Waals surface area contributed by atoms with E-state index >= 15 is 0 Å². The number of hydrogen-bond donors (Lipinski definition) is 0. The van der Waals surface area contributed by atoms with Crippen LogP contribution in [-0.2, 0) is 9.47 Å². The molecule has 3 rings (SSSR count). The SMILES string of the molecule is CC(C)COc1ccc(C(=O)O[C@@H]2CC(C)(C)OC[C@@H]2CN2CCCCC2)cc1. The molecule has 1 aromatic carbocycles. The average molecular weight is 404 g/mol. The molecule has 0 unspecified atom stereocenters. The van der Waals surface area contributed by atoms with Gasteiger partial charge in [0.05, 0.1) is 24.4 Å². The van der Waals surface area contributed by atoms with E-state index in [2.05, 4.69) is 32.6 Å². The van der Waals surface area contributed by atoms with Gasteiger partial charge in [0.15, 0.2) is 0 Å². The highest BCUT2D eigenvalue weighted by Gasteiger charge is 2.39. The van der Waals surface area contributed by atoms with E-state index in [0.717, 1.165) is 31.8 Å². The molecular weight excluding hydrogens is 366 g/mol. The molecule has 29 heavy (non-hydrogen) atoms. The van der Waals surface area contributed by atoms with Gasteiger partial charge in [-0.25, -0.2) is 4.79 Å². The highest BCUT2D eigenvalue weighted by atomic mass is 16.6. The van der Waals surface area contributed by atoms with Gasteiger partial charge in [-0.15, -0.1) is 0 Å². The number of rotatable bonds is 7. The Balaban J connectivity index is 1.61. The van der Waals surface area contributed by atoms with Crippen LogP contribution in [0.25, 0.3) is 0 Å². The number of carbonyl (C=O) groups excluding carboxylic acids is 1. The van der Waals surface area contributed by atoms with Crippen molar-refractivity contribution >= 4 is 5.97 Å². The molecule has 0 N–H and O–H groups in total. The van der Waals surface area contributed by atoms with E-state index in [9.17, 15) is 4.79 Å². The zero-order valence-corrected chi connectivity index (χ0v) is 18.5. The van der Waals surface area contributed by atoms with Gasteiger partial charge in [0.2, 0.25) is 0 Å². The summed E-state index contributed by atoms with van der Waals surface area (Å²) in [7, 11) is 0. The molecule has 0 aliphatic carbocycles. The molecule has 1 aromatic rings. The van der Waals surface area contributed by atoms with Gasteiger partial charge in [-0.05, 0) is 70.0 Å². The fourth-order valence-corrected chi connectivity index (χ4v) is 4.09. The Kier molecular flexibility index (Phi) is 7.58. The van der Waals surface area contributed by atoms with Crippen LogP contribution in [0.15, 0.2) is 24.3 Å². The minimum absolute atomic E-state index is 0.120. The quantitative estimate of drug-likeness (QED) is 0.625. The molecule has 0 aromatic heterocycles. The molecule has 0 amide bonds. The molecule has 2 aliphatic rings. The fraction of sp³-hybridized carbons (Fsp3) is 0.708. The number of benzene rings is 1. The lowest BCUT2D eigenvalue weighted by Gasteiger charge is -2.42. The molecular formula is C24H37NO4. The second-order valence-electron chi connectivity index (χ2n) is 9.57. The molecule has 2 atom stereocenters. The number of likely N-dealkylation sites (tertiary alicyclic amines) is 1. The van der Waals surface area contributed by atoms with Crippen molar-refractivity contribution < 1.29 is 19.0 Å². The summed E-state index contributed by atoms with van der Waals surface area (Å²) in [5.41, 5.74) is 0.306. The second kappa shape index (κ2) is 9.94. The Morgan fingerprint density at radius 1 is 1.17 bits per heavy atom. The Labute approximate surface area is 175 Å². The molecule has 0 saturated carbocycles. The Morgan fingerprint density at radius 2 is 1.86 bits per heavy atom. The zero-order valence-electron chi connectivity index (χ0n) is 18.5. The van der Waals surface area contributed by atoms with Gasteiger partial charge in [-0.2, -0.15) is 0 Å². The Hall–Kier alpha value is -1.59. The van der Waals surface area contributed by atoms with Crippen molar-refractivity contribution in [3.63, 3.8) is 0 Å². The van der Waals surface area contributed by atoms with E-state index in [1.165, 1.54) is 19.3 Å². The zero-order chi connectivity index (χ0) is 20.9. The van der Waals surface area contributed by atoms with Gasteiger partial charge in [-0.3, -0.25) is 0 Å². The predicted octanol–water partition coefficient (Wildman–Crippen LogP) is 4.55. The highest BCUT2D eigenvalue weighted by Crippen LogP contribution is 2.31. The van der Waals surface area contributed by atoms with Crippen LogP contribution < -0.4 is 4.74 Å². The molecule has 162 valence electrons. The molecule has 0 bridgehead atoms. The number of nitrogens with zero attached hydrogens (tertiary/aromatic N) is 1. The van der Waals surface area contributed by atoms with Crippen LogP contribution >= 0.6 is 0 Å². The van der Waals surface area contributed by atoms with Crippen molar-refractivity contribution in [2.75, 3.05) is 32.8 Å². The summed E-state index contributed by atoms with van der Waals surface area (Å²) < 4.78 is 17.8. The summed E-state index contributed by atoms with van der Waals surface area (Å²) in [4.78, 5) is 15.3. The first-order valence-electron chi connectivity index (χ1n) is 11.1. The summed E-state index contributed by atoms with van der Waals surface area (Å²) in [5, 5.41) is 0. The van der Waals surface area contributed by atoms with Crippen molar-refractivity contribution in [2.24, 2.45) is 11.8 Å². The summed E-state index contributed by atoms with van der Waals surface area (Å²) in [6.45, 7) is 12.9. The Morgan fingerprint density at radius 3 is 2.52 bits per heavy atom. The predicted molar refractivity (Wildman–Crippen MR) is 114 cm³/mol. The molecule has 2 saturated heterocycles. The number of esters is 1. The van der Waals surface area contributed by atoms with E-state index in [0.29, 0.717) is 24.7 Å². The molecule has 5 nitrogen and oxygen atoms in total. The lowest BCUT2D eigenvalue weighted by Crippen LogP contribution is -2.49. The molecule has 2 heterocycles. The van der Waals surface area contributed by atoms with Crippen molar-refractivity contribution in [3.8, 4) is 5.75 Å². The van der Waals surface area contributed by atoms with E-state index in [1.54, 1.807) is 12.1 Å². The van der Waals surface area contributed by atoms with Gasteiger partial charge in [0, 0.05) is 18.9 Å². The normalized spacial score (nSPS) is 25.0. The van der Waals surface area contributed by atoms with Crippen molar-refractivity contribution in [1.82, 2.24) is 4.90 Å². The Bertz CT molecular complexity index is 649. The van der Waals surface area contributed by atoms with Crippen molar-refractivity contribution in [3.05, 3.63) is 29.8 Å². The first-order valence-corrected chi connectivity index (χ1v) is 11.1. The van der Waals surface area contributed by atoms with Crippen LogP contribution in [0.5, 0.6) is 5.75 Å². The number of carbonyl (C=O) groups is 1. The second-order valence-corrected chi connectivity index (χ2v) is 9.57. The van der Waals surface area contributed by atoms with E-state index in [1.807, 2.05) is 12.1 Å². The molecule has 0 radical (unpaired) electrons. The average Bonchev–Trinajstić information content (AvgIpc) is 2.69. The fourth-order valence-electron chi connectivity index (χ4n) is 4.09. The maximum atomic E-state index is 12.8. The monoisotopic (exact) mass is 403 g/mol. The summed E-state index contributed by atoms with van der Waals surface area (Å²) in [5.74, 6) is 1.21. The van der Waals surface area contributed by atoms with E-state index in [-0.39, 0.29) is 23.6 Å². The van der Waals surface area contributed by atoms with Crippen molar-refractivity contribution in [1.29, 1.82) is 0 Å². The third kappa shape index (κ3) is 6.71. The molecule has 2 aliphatic heterocycles. The lowest BCUT2D eigenvalue weighted by atomic mass is 9.87. The smallest absolute Gasteiger partial charge is 0.338 e. The lowest BCUT2D eigenvalue weighted by molar-refractivity contribution is -0.137. The summed E-state index contributed by atoms with van der Waals surface area (Å²) >= 11 is 0. The van der Waals surface area contributed by atoms with Gasteiger partial charge in [-0.1, -0.05) is 20.3 Å². The maximum Gasteiger partial charge on any atom is 0.338 e. The van der Waals surface area contributed by atoms with E-state index < -0.39 is 0 Å². The van der Waals surface area contributed by atoms with Gasteiger partial charge in [0.25, 0.3) is 0 Å². The number of piperidine rings is 1. The summed E-state index contributed by atoms with van der Waals surface area (Å²) in [6, 6.07) is 7.28. The number of ether oxygens (including phenoxy) is 3. The van der Waals surface area contributed by atoms with Gasteiger partial charge in [0.1, 0.15) is 11.9 Å². The standard InChI is InChI=1S/C24H37NO4/c1-18(2)16-27-21-10-8-19(9-11-21)23(26)29-22-14-24(3,4)28-17-20(22)15-25-12-6-5-7-13-25/h8-11,18,20,22H,5-7,12-17H2,1-4H3/t20-,22+/m0/s1. The minimum atomic E-state index is -0.266.